The van der Waals surface area contributed by atoms with Gasteiger partial charge in [0.2, 0.25) is 5.69 Å². The average molecular weight is 292 g/mol. The number of rotatable bonds is 4. The largest absolute Gasteiger partial charge is 0.348 e. The molecule has 2 fully saturated rings. The number of hydrogen-bond donors (Lipinski definition) is 1. The van der Waals surface area contributed by atoms with Crippen LogP contribution in [0.4, 0.5) is 5.69 Å². The number of carbonyl (C=O) groups is 1. The maximum Gasteiger partial charge on any atom is 0.320 e. The topological polar surface area (TPSA) is 90.1 Å². The summed E-state index contributed by atoms with van der Waals surface area (Å²) in [5.41, 5.74) is -0.217. The Balaban J connectivity index is 1.72. The lowest BCUT2D eigenvalue weighted by Crippen LogP contribution is -2.40. The summed E-state index contributed by atoms with van der Waals surface area (Å²) in [6, 6.07) is 0.0438. The molecule has 2 aliphatic carbocycles. The molecule has 4 atom stereocenters. The van der Waals surface area contributed by atoms with E-state index < -0.39 is 10.8 Å². The normalized spacial score (nSPS) is 28.6. The van der Waals surface area contributed by atoms with Crippen LogP contribution in [0, 0.1) is 27.9 Å². The Morgan fingerprint density at radius 2 is 2.29 bits per heavy atom. The van der Waals surface area contributed by atoms with Crippen molar-refractivity contribution in [1.29, 1.82) is 0 Å². The van der Waals surface area contributed by atoms with Crippen molar-refractivity contribution in [2.24, 2.45) is 24.8 Å². The SMILES string of the molecule is C[C@@H](NC(=O)c1c([N+](=O)[O-])cnn1C)[C@@H]1C[C@H]2CC[C@H]1C2. The van der Waals surface area contributed by atoms with Gasteiger partial charge in [-0.3, -0.25) is 19.6 Å². The minimum Gasteiger partial charge on any atom is -0.348 e. The van der Waals surface area contributed by atoms with Gasteiger partial charge in [0.1, 0.15) is 6.20 Å². The molecular weight excluding hydrogens is 272 g/mol. The van der Waals surface area contributed by atoms with Gasteiger partial charge in [0.05, 0.1) is 4.92 Å². The van der Waals surface area contributed by atoms with Crippen LogP contribution in [0.2, 0.25) is 0 Å². The fourth-order valence-electron chi connectivity index (χ4n) is 4.11. The van der Waals surface area contributed by atoms with Gasteiger partial charge in [-0.15, -0.1) is 0 Å². The van der Waals surface area contributed by atoms with Gasteiger partial charge in [-0.1, -0.05) is 6.42 Å². The number of aryl methyl sites for hydroxylation is 1. The predicted octanol–water partition coefficient (Wildman–Crippen LogP) is 1.88. The van der Waals surface area contributed by atoms with Crippen LogP contribution in [0.25, 0.3) is 0 Å². The van der Waals surface area contributed by atoms with Crippen molar-refractivity contribution in [1.82, 2.24) is 15.1 Å². The molecule has 3 rings (SSSR count). The summed E-state index contributed by atoms with van der Waals surface area (Å²) in [6.45, 7) is 2.01. The van der Waals surface area contributed by atoms with E-state index in [1.54, 1.807) is 7.05 Å². The summed E-state index contributed by atoms with van der Waals surface area (Å²) in [5, 5.41) is 17.7. The van der Waals surface area contributed by atoms with Crippen LogP contribution in [0.15, 0.2) is 6.20 Å². The number of fused-ring (bicyclic) bond motifs is 2. The molecule has 0 aliphatic heterocycles. The molecule has 2 saturated carbocycles. The zero-order chi connectivity index (χ0) is 15.1. The number of hydrogen-bond acceptors (Lipinski definition) is 4. The van der Waals surface area contributed by atoms with E-state index >= 15 is 0 Å². The molecule has 114 valence electrons. The molecule has 0 spiro atoms. The monoisotopic (exact) mass is 292 g/mol. The lowest BCUT2D eigenvalue weighted by atomic mass is 9.84. The quantitative estimate of drug-likeness (QED) is 0.677. The van der Waals surface area contributed by atoms with E-state index in [0.717, 1.165) is 12.1 Å². The van der Waals surface area contributed by atoms with Crippen molar-refractivity contribution in [3.8, 4) is 0 Å². The molecular formula is C14H20N4O3. The minimum absolute atomic E-state index is 0.0232. The molecule has 1 heterocycles. The lowest BCUT2D eigenvalue weighted by molar-refractivity contribution is -0.385. The van der Waals surface area contributed by atoms with Crippen LogP contribution in [-0.4, -0.2) is 26.7 Å². The van der Waals surface area contributed by atoms with Crippen LogP contribution in [0.3, 0.4) is 0 Å². The van der Waals surface area contributed by atoms with Gasteiger partial charge in [0, 0.05) is 13.1 Å². The summed E-state index contributed by atoms with van der Waals surface area (Å²) >= 11 is 0. The number of amides is 1. The third-order valence-corrected chi connectivity index (χ3v) is 5.13. The van der Waals surface area contributed by atoms with Crippen molar-refractivity contribution < 1.29 is 9.72 Å². The van der Waals surface area contributed by atoms with Crippen LogP contribution >= 0.6 is 0 Å². The zero-order valence-corrected chi connectivity index (χ0v) is 12.3. The molecule has 1 aromatic heterocycles. The molecule has 1 amide bonds. The van der Waals surface area contributed by atoms with E-state index in [4.69, 9.17) is 0 Å². The third kappa shape index (κ3) is 2.41. The maximum absolute atomic E-state index is 12.3. The van der Waals surface area contributed by atoms with Gasteiger partial charge < -0.3 is 5.32 Å². The van der Waals surface area contributed by atoms with Crippen LogP contribution in [0.5, 0.6) is 0 Å². The highest BCUT2D eigenvalue weighted by Crippen LogP contribution is 2.49. The molecule has 7 heteroatoms. The maximum atomic E-state index is 12.3. The summed E-state index contributed by atoms with van der Waals surface area (Å²) in [5.74, 6) is 1.61. The first-order valence-electron chi connectivity index (χ1n) is 7.44. The van der Waals surface area contributed by atoms with E-state index in [2.05, 4.69) is 10.4 Å². The van der Waals surface area contributed by atoms with Crippen molar-refractivity contribution in [3.63, 3.8) is 0 Å². The number of nitrogens with one attached hydrogen (secondary N) is 1. The second-order valence-corrected chi connectivity index (χ2v) is 6.36. The molecule has 0 aromatic carbocycles. The lowest BCUT2D eigenvalue weighted by Gasteiger charge is -2.28. The molecule has 2 bridgehead atoms. The fourth-order valence-corrected chi connectivity index (χ4v) is 4.11. The van der Waals surface area contributed by atoms with E-state index in [-0.39, 0.29) is 17.4 Å². The average Bonchev–Trinajstić information content (AvgIpc) is 3.12. The summed E-state index contributed by atoms with van der Waals surface area (Å²) in [6.07, 6.45) is 6.13. The van der Waals surface area contributed by atoms with Crippen LogP contribution in [0.1, 0.15) is 43.1 Å². The molecule has 0 saturated heterocycles. The highest BCUT2D eigenvalue weighted by Gasteiger charge is 2.42. The molecule has 2 aliphatic rings. The Hall–Kier alpha value is -1.92. The fraction of sp³-hybridized carbons (Fsp3) is 0.714. The molecule has 1 N–H and O–H groups in total. The molecule has 0 radical (unpaired) electrons. The minimum atomic E-state index is -0.565. The van der Waals surface area contributed by atoms with Gasteiger partial charge in [-0.25, -0.2) is 0 Å². The van der Waals surface area contributed by atoms with Gasteiger partial charge >= 0.3 is 5.69 Å². The predicted molar refractivity (Wildman–Crippen MR) is 75.7 cm³/mol. The van der Waals surface area contributed by atoms with Gasteiger partial charge in [0.25, 0.3) is 5.91 Å². The second-order valence-electron chi connectivity index (χ2n) is 6.36. The van der Waals surface area contributed by atoms with Crippen molar-refractivity contribution in [2.45, 2.75) is 38.6 Å². The van der Waals surface area contributed by atoms with Crippen molar-refractivity contribution in [2.75, 3.05) is 0 Å². The Morgan fingerprint density at radius 3 is 2.86 bits per heavy atom. The Kier molecular flexibility index (Phi) is 3.43. The van der Waals surface area contributed by atoms with Crippen molar-refractivity contribution in [3.05, 3.63) is 22.0 Å². The summed E-state index contributed by atoms with van der Waals surface area (Å²) in [7, 11) is 1.55. The van der Waals surface area contributed by atoms with Crippen LogP contribution in [-0.2, 0) is 7.05 Å². The van der Waals surface area contributed by atoms with Gasteiger partial charge in [-0.2, -0.15) is 5.10 Å². The smallest absolute Gasteiger partial charge is 0.320 e. The first-order valence-corrected chi connectivity index (χ1v) is 7.44. The number of nitrogens with zero attached hydrogens (tertiary/aromatic N) is 3. The van der Waals surface area contributed by atoms with E-state index in [1.165, 1.54) is 30.4 Å². The van der Waals surface area contributed by atoms with Crippen molar-refractivity contribution >= 4 is 11.6 Å². The Morgan fingerprint density at radius 1 is 1.52 bits per heavy atom. The van der Waals surface area contributed by atoms with E-state index in [1.807, 2.05) is 6.92 Å². The molecule has 1 aromatic rings. The second kappa shape index (κ2) is 5.13. The first-order chi connectivity index (χ1) is 9.97. The highest BCUT2D eigenvalue weighted by atomic mass is 16.6. The third-order valence-electron chi connectivity index (χ3n) is 5.13. The van der Waals surface area contributed by atoms with E-state index in [9.17, 15) is 14.9 Å². The van der Waals surface area contributed by atoms with Gasteiger partial charge in [-0.05, 0) is 43.9 Å². The standard InChI is InChI=1S/C14H20N4O3/c1-8(11-6-9-3-4-10(11)5-9)16-14(19)13-12(18(20)21)7-15-17(13)2/h7-11H,3-6H2,1-2H3,(H,16,19)/t8-,9+,10+,11+/m1/s1. The zero-order valence-electron chi connectivity index (χ0n) is 12.3. The first kappa shape index (κ1) is 14.0. The summed E-state index contributed by atoms with van der Waals surface area (Å²) < 4.78 is 1.26. The molecule has 21 heavy (non-hydrogen) atoms. The van der Waals surface area contributed by atoms with Gasteiger partial charge in [0.15, 0.2) is 0 Å². The number of carbonyl (C=O) groups excluding carboxylic acids is 1. The number of aromatic nitrogens is 2. The Labute approximate surface area is 122 Å². The molecule has 7 nitrogen and oxygen atoms in total. The highest BCUT2D eigenvalue weighted by molar-refractivity contribution is 5.96. The molecule has 0 unspecified atom stereocenters. The van der Waals surface area contributed by atoms with E-state index in [0.29, 0.717) is 11.8 Å². The van der Waals surface area contributed by atoms with Crippen LogP contribution < -0.4 is 5.32 Å². The summed E-state index contributed by atoms with van der Waals surface area (Å²) in [4.78, 5) is 22.7. The number of nitro groups is 1. The Bertz CT molecular complexity index is 583.